The average Bonchev–Trinajstić information content (AvgIpc) is 3.25. The number of carbonyl (C=O) groups is 7. The summed E-state index contributed by atoms with van der Waals surface area (Å²) in [5, 5.41) is 50.8. The van der Waals surface area contributed by atoms with E-state index in [2.05, 4.69) is 4.74 Å². The van der Waals surface area contributed by atoms with Crippen molar-refractivity contribution >= 4 is 53.2 Å². The van der Waals surface area contributed by atoms with Crippen LogP contribution in [-0.4, -0.2) is 130 Å². The van der Waals surface area contributed by atoms with E-state index in [9.17, 15) is 59.1 Å². The molecule has 0 unspecified atom stereocenters. The minimum absolute atomic E-state index is 0.0217. The van der Waals surface area contributed by atoms with Crippen LogP contribution in [0, 0.1) is 11.8 Å². The van der Waals surface area contributed by atoms with Crippen molar-refractivity contribution in [3.8, 4) is 23.0 Å². The lowest BCUT2D eigenvalue weighted by molar-refractivity contribution is -0.143. The van der Waals surface area contributed by atoms with Crippen LogP contribution in [0.3, 0.4) is 0 Å². The van der Waals surface area contributed by atoms with E-state index < -0.39 is 78.6 Å². The smallest absolute Gasteiger partial charge is 0.343 e. The highest BCUT2D eigenvalue weighted by molar-refractivity contribution is 5.98. The number of aromatic hydroxyl groups is 1. The number of cyclic esters (lactones) is 2. The zero-order valence-corrected chi connectivity index (χ0v) is 37.1. The number of rotatable bonds is 9. The maximum Gasteiger partial charge on any atom is 0.343 e. The third-order valence-corrected chi connectivity index (χ3v) is 9.95. The van der Waals surface area contributed by atoms with Gasteiger partial charge in [0.15, 0.2) is 29.7 Å². The summed E-state index contributed by atoms with van der Waals surface area (Å²) in [4.78, 5) is 84.3. The number of esters is 3. The Bertz CT molecular complexity index is 2180. The van der Waals surface area contributed by atoms with Crippen LogP contribution in [0.1, 0.15) is 86.2 Å². The second kappa shape index (κ2) is 25.1. The molecule has 8 atom stereocenters. The fourth-order valence-electron chi connectivity index (χ4n) is 5.76. The molecule has 0 amide bonds. The normalized spacial score (nSPS) is 26.0. The quantitative estimate of drug-likeness (QED) is 0.178. The maximum absolute atomic E-state index is 13.2. The Balaban J connectivity index is 0.000000349. The molecule has 0 fully saturated rings. The Morgan fingerprint density at radius 2 is 1.05 bits per heavy atom. The third-order valence-electron chi connectivity index (χ3n) is 9.95. The molecule has 2 aliphatic heterocycles. The second-order valence-electron chi connectivity index (χ2n) is 15.4. The largest absolute Gasteiger partial charge is 0.507 e. The Labute approximate surface area is 375 Å². The fraction of sp³-hybridized carbons (Fsp3) is 0.426. The molecule has 352 valence electrons. The zero-order chi connectivity index (χ0) is 48.5. The average molecular weight is 909 g/mol. The van der Waals surface area contributed by atoms with Gasteiger partial charge in [0.25, 0.3) is 0 Å². The van der Waals surface area contributed by atoms with Gasteiger partial charge in [-0.3, -0.25) is 19.2 Å². The van der Waals surface area contributed by atoms with Gasteiger partial charge in [-0.05, 0) is 75.9 Å². The molecule has 0 saturated heterocycles. The van der Waals surface area contributed by atoms with Crippen molar-refractivity contribution in [3.05, 3.63) is 83.0 Å². The van der Waals surface area contributed by atoms with E-state index in [0.29, 0.717) is 0 Å². The first kappa shape index (κ1) is 52.9. The van der Waals surface area contributed by atoms with Crippen molar-refractivity contribution in [2.75, 3.05) is 26.9 Å². The van der Waals surface area contributed by atoms with Gasteiger partial charge < -0.3 is 54.0 Å². The molecule has 2 heterocycles. The summed E-state index contributed by atoms with van der Waals surface area (Å²) in [5.41, 5.74) is 0.356. The predicted octanol–water partition coefficient (Wildman–Crippen LogP) is 3.46. The van der Waals surface area contributed by atoms with Gasteiger partial charge in [0.1, 0.15) is 71.8 Å². The Morgan fingerprint density at radius 1 is 0.615 bits per heavy atom. The Kier molecular flexibility index (Phi) is 20.4. The van der Waals surface area contributed by atoms with Crippen molar-refractivity contribution in [1.29, 1.82) is 0 Å². The van der Waals surface area contributed by atoms with E-state index in [1.807, 2.05) is 0 Å². The highest BCUT2D eigenvalue weighted by Gasteiger charge is 2.28. The summed E-state index contributed by atoms with van der Waals surface area (Å²) < 4.78 is 31.9. The van der Waals surface area contributed by atoms with E-state index in [0.717, 1.165) is 12.2 Å². The SMILES string of the molecule is CC(=O)COc1cc(O)c2c(c1)/C=C/C[C@H](O)[C@H](O)C(=O)/C=C\[C@@H](C)[C@H](C)OC2=O.COC(=O)COc1cc(OCC(C)=O)cc2c1C(=O)O[C@@H](C)[C@H](C)/C=C\C(=O)[C@@H](O)[C@@H](O)C/C=C/2. The number of ketones is 4. The molecule has 65 heavy (non-hydrogen) atoms. The number of hydrogen-bond donors (Lipinski definition) is 5. The fourth-order valence-corrected chi connectivity index (χ4v) is 5.76. The van der Waals surface area contributed by atoms with Crippen LogP contribution in [0.5, 0.6) is 23.0 Å². The summed E-state index contributed by atoms with van der Waals surface area (Å²) in [5.74, 6) is -4.89. The van der Waals surface area contributed by atoms with Crippen molar-refractivity contribution in [1.82, 2.24) is 0 Å². The molecule has 0 bridgehead atoms. The van der Waals surface area contributed by atoms with Crippen molar-refractivity contribution in [2.24, 2.45) is 11.8 Å². The molecule has 0 radical (unpaired) electrons. The lowest BCUT2D eigenvalue weighted by atomic mass is 9.99. The highest BCUT2D eigenvalue weighted by Crippen LogP contribution is 2.33. The number of phenols is 1. The standard InChI is InChI=1S/C25H30O10.C22H26O8/c1-14-8-9-20(28)24(30)19(27)7-5-6-17-10-18(33-12-15(2)26)11-21(34-13-22(29)32-4)23(17)25(31)35-16(14)3;1-12-7-8-18(25)21(27)17(24)6-4-5-15-9-16(29-11-13(2)23)10-19(26)20(15)22(28)30-14(12)3/h5-6,8-11,14,16,19,24,27,30H,7,12-13H2,1-4H3;4-5,7-10,12,14,17,21,24,26-27H,6,11H2,1-3H3/b6-5+,9-8-;5-4+,8-7-/t14-,16+,19+,24+;12-,14+,17+,21+/m11/s1. The predicted molar refractivity (Wildman–Crippen MR) is 232 cm³/mol. The lowest BCUT2D eigenvalue weighted by Crippen LogP contribution is -2.32. The number of aliphatic hydroxyl groups is 4. The van der Waals surface area contributed by atoms with Gasteiger partial charge in [-0.2, -0.15) is 0 Å². The number of benzene rings is 2. The van der Waals surface area contributed by atoms with Gasteiger partial charge in [-0.25, -0.2) is 14.4 Å². The number of methoxy groups -OCH3 is 1. The van der Waals surface area contributed by atoms with Gasteiger partial charge in [0.05, 0.1) is 19.3 Å². The first-order valence-electron chi connectivity index (χ1n) is 20.5. The van der Waals surface area contributed by atoms with Gasteiger partial charge in [-0.15, -0.1) is 0 Å². The van der Waals surface area contributed by atoms with Gasteiger partial charge in [-0.1, -0.05) is 50.3 Å². The molecule has 18 nitrogen and oxygen atoms in total. The molecular weight excluding hydrogens is 852 g/mol. The molecule has 0 saturated carbocycles. The van der Waals surface area contributed by atoms with Crippen LogP contribution < -0.4 is 14.2 Å². The maximum atomic E-state index is 13.2. The van der Waals surface area contributed by atoms with E-state index >= 15 is 0 Å². The number of aliphatic hydroxyl groups excluding tert-OH is 4. The minimum atomic E-state index is -1.63. The topological polar surface area (TPSA) is 276 Å². The number of phenolic OH excluding ortho intramolecular Hbond substituents is 1. The van der Waals surface area contributed by atoms with Crippen LogP contribution >= 0.6 is 0 Å². The monoisotopic (exact) mass is 908 g/mol. The van der Waals surface area contributed by atoms with Crippen LogP contribution in [0.15, 0.2) is 60.7 Å². The number of ether oxygens (including phenoxy) is 6. The summed E-state index contributed by atoms with van der Waals surface area (Å²) >= 11 is 0. The molecule has 4 rings (SSSR count). The van der Waals surface area contributed by atoms with Gasteiger partial charge in [0, 0.05) is 24.0 Å². The third kappa shape index (κ3) is 16.2. The van der Waals surface area contributed by atoms with Crippen molar-refractivity contribution in [3.63, 3.8) is 0 Å². The second-order valence-corrected chi connectivity index (χ2v) is 15.4. The molecule has 2 aromatic rings. The molecular formula is C47H56O18. The summed E-state index contributed by atoms with van der Waals surface area (Å²) in [6.45, 7) is 8.43. The number of hydrogen-bond acceptors (Lipinski definition) is 18. The van der Waals surface area contributed by atoms with Crippen LogP contribution in [0.2, 0.25) is 0 Å². The molecule has 2 aromatic carbocycles. The van der Waals surface area contributed by atoms with Gasteiger partial charge >= 0.3 is 17.9 Å². The van der Waals surface area contributed by atoms with E-state index in [1.165, 1.54) is 81.7 Å². The molecule has 18 heteroatoms. The number of carbonyl (C=O) groups excluding carboxylic acids is 7. The first-order valence-corrected chi connectivity index (χ1v) is 20.5. The summed E-state index contributed by atoms with van der Waals surface area (Å²) in [6.07, 6.45) is 3.57. The van der Waals surface area contributed by atoms with Crippen molar-refractivity contribution in [2.45, 2.75) is 91.0 Å². The minimum Gasteiger partial charge on any atom is -0.507 e. The molecule has 2 aliphatic rings. The zero-order valence-electron chi connectivity index (χ0n) is 37.1. The lowest BCUT2D eigenvalue weighted by Gasteiger charge is -2.21. The highest BCUT2D eigenvalue weighted by atomic mass is 16.6. The van der Waals surface area contributed by atoms with Crippen LogP contribution in [0.25, 0.3) is 12.2 Å². The summed E-state index contributed by atoms with van der Waals surface area (Å²) in [7, 11) is 1.19. The van der Waals surface area contributed by atoms with Gasteiger partial charge in [0.2, 0.25) is 0 Å². The Hall–Kier alpha value is -6.47. The van der Waals surface area contributed by atoms with Crippen LogP contribution in [0.4, 0.5) is 0 Å². The van der Waals surface area contributed by atoms with E-state index in [4.69, 9.17) is 23.7 Å². The van der Waals surface area contributed by atoms with Crippen molar-refractivity contribution < 1.29 is 87.5 Å². The van der Waals surface area contributed by atoms with E-state index in [1.54, 1.807) is 27.7 Å². The first-order chi connectivity index (χ1) is 30.6. The molecule has 0 spiro atoms. The molecule has 0 aliphatic carbocycles. The number of fused-ring (bicyclic) bond motifs is 2. The Morgan fingerprint density at radius 3 is 1.49 bits per heavy atom. The summed E-state index contributed by atoms with van der Waals surface area (Å²) in [6, 6.07) is 5.48. The number of Topliss-reactive ketones (excluding diaryl/α,β-unsaturated/α-hetero) is 2. The molecule has 5 N–H and O–H groups in total. The molecule has 0 aromatic heterocycles. The van der Waals surface area contributed by atoms with E-state index in [-0.39, 0.29) is 88.8 Å². The van der Waals surface area contributed by atoms with Crippen LogP contribution in [-0.2, 0) is 38.2 Å².